The predicted octanol–water partition coefficient (Wildman–Crippen LogP) is 3.07. The molecule has 0 aromatic heterocycles. The first kappa shape index (κ1) is 16.6. The Labute approximate surface area is 128 Å². The van der Waals surface area contributed by atoms with Gasteiger partial charge in [0.1, 0.15) is 0 Å². The van der Waals surface area contributed by atoms with Gasteiger partial charge in [-0.25, -0.2) is 0 Å². The van der Waals surface area contributed by atoms with Gasteiger partial charge in [-0.05, 0) is 55.9 Å². The summed E-state index contributed by atoms with van der Waals surface area (Å²) in [5.74, 6) is 3.50. The van der Waals surface area contributed by atoms with Gasteiger partial charge < -0.3 is 15.2 Å². The van der Waals surface area contributed by atoms with Crippen LogP contribution < -0.4 is 5.73 Å². The Bertz CT molecular complexity index is 287. The van der Waals surface area contributed by atoms with E-state index in [-0.39, 0.29) is 17.7 Å². The highest BCUT2D eigenvalue weighted by atomic mass is 32.2. The smallest absolute Gasteiger partial charge is 0.0751 e. The maximum atomic E-state index is 6.58. The summed E-state index contributed by atoms with van der Waals surface area (Å²) >= 11 is 2.06. The molecule has 0 aliphatic carbocycles. The van der Waals surface area contributed by atoms with Crippen LogP contribution in [0, 0.1) is 11.8 Å². The van der Waals surface area contributed by atoms with Crippen LogP contribution in [0.5, 0.6) is 0 Å². The van der Waals surface area contributed by atoms with Gasteiger partial charge in [0.2, 0.25) is 0 Å². The molecule has 2 rings (SSSR count). The summed E-state index contributed by atoms with van der Waals surface area (Å²) in [6, 6.07) is 0.144. The third kappa shape index (κ3) is 3.90. The molecule has 2 aliphatic heterocycles. The number of hydrogen-bond acceptors (Lipinski definition) is 4. The monoisotopic (exact) mass is 301 g/mol. The van der Waals surface area contributed by atoms with Crippen molar-refractivity contribution in [2.75, 3.05) is 24.7 Å². The highest BCUT2D eigenvalue weighted by molar-refractivity contribution is 7.99. The minimum absolute atomic E-state index is 0.125. The Hall–Kier alpha value is 0.230. The van der Waals surface area contributed by atoms with Crippen LogP contribution in [0.3, 0.4) is 0 Å². The summed E-state index contributed by atoms with van der Waals surface area (Å²) in [5.41, 5.74) is 6.71. The summed E-state index contributed by atoms with van der Waals surface area (Å²) in [4.78, 5) is 0. The molecule has 2 fully saturated rings. The molecule has 2 heterocycles. The van der Waals surface area contributed by atoms with E-state index in [1.165, 1.54) is 24.3 Å². The van der Waals surface area contributed by atoms with Crippen molar-refractivity contribution in [1.29, 1.82) is 0 Å². The van der Waals surface area contributed by atoms with Crippen LogP contribution in [0.1, 0.15) is 46.5 Å². The van der Waals surface area contributed by atoms with Gasteiger partial charge in [0.05, 0.1) is 11.7 Å². The summed E-state index contributed by atoms with van der Waals surface area (Å²) in [6.45, 7) is 8.12. The molecular formula is C16H31NO2S. The predicted molar refractivity (Wildman–Crippen MR) is 86.2 cm³/mol. The minimum Gasteiger partial charge on any atom is -0.377 e. The van der Waals surface area contributed by atoms with E-state index in [1.807, 2.05) is 0 Å². The average Bonchev–Trinajstić information content (AvgIpc) is 2.44. The van der Waals surface area contributed by atoms with Gasteiger partial charge in [0.25, 0.3) is 0 Å². The second-order valence-corrected chi connectivity index (χ2v) is 7.86. The van der Waals surface area contributed by atoms with Crippen molar-refractivity contribution in [3.63, 3.8) is 0 Å². The van der Waals surface area contributed by atoms with Crippen molar-refractivity contribution in [3.8, 4) is 0 Å². The normalized spacial score (nSPS) is 29.6. The van der Waals surface area contributed by atoms with Crippen LogP contribution >= 0.6 is 11.8 Å². The maximum Gasteiger partial charge on any atom is 0.0751 e. The van der Waals surface area contributed by atoms with Crippen LogP contribution in [0.25, 0.3) is 0 Å². The summed E-state index contributed by atoms with van der Waals surface area (Å²) < 4.78 is 12.1. The van der Waals surface area contributed by atoms with Gasteiger partial charge in [-0.15, -0.1) is 0 Å². The first-order chi connectivity index (χ1) is 9.58. The molecule has 0 aromatic carbocycles. The molecule has 1 spiro atoms. The highest BCUT2D eigenvalue weighted by Gasteiger charge is 2.42. The van der Waals surface area contributed by atoms with E-state index in [0.29, 0.717) is 11.8 Å². The molecule has 3 unspecified atom stereocenters. The molecule has 0 bridgehead atoms. The Morgan fingerprint density at radius 1 is 1.35 bits per heavy atom. The summed E-state index contributed by atoms with van der Waals surface area (Å²) in [5, 5.41) is 0. The van der Waals surface area contributed by atoms with Crippen LogP contribution in [0.15, 0.2) is 0 Å². The molecule has 0 saturated carbocycles. The van der Waals surface area contributed by atoms with Gasteiger partial charge in [-0.2, -0.15) is 11.8 Å². The molecule has 3 atom stereocenters. The number of thioether (sulfide) groups is 1. The second kappa shape index (κ2) is 7.48. The zero-order valence-corrected chi connectivity index (χ0v) is 14.1. The Morgan fingerprint density at radius 3 is 2.65 bits per heavy atom. The van der Waals surface area contributed by atoms with E-state index in [9.17, 15) is 0 Å². The zero-order valence-electron chi connectivity index (χ0n) is 13.3. The van der Waals surface area contributed by atoms with Gasteiger partial charge in [-0.3, -0.25) is 0 Å². The highest BCUT2D eigenvalue weighted by Crippen LogP contribution is 2.41. The molecule has 0 radical (unpaired) electrons. The molecule has 0 aromatic rings. The van der Waals surface area contributed by atoms with Crippen molar-refractivity contribution in [1.82, 2.24) is 0 Å². The van der Waals surface area contributed by atoms with E-state index >= 15 is 0 Å². The number of ether oxygens (including phenoxy) is 2. The zero-order chi connectivity index (χ0) is 14.6. The van der Waals surface area contributed by atoms with Gasteiger partial charge in [0.15, 0.2) is 0 Å². The van der Waals surface area contributed by atoms with Crippen molar-refractivity contribution in [3.05, 3.63) is 0 Å². The first-order valence-electron chi connectivity index (χ1n) is 8.17. The molecule has 2 N–H and O–H groups in total. The molecule has 2 saturated heterocycles. The SMILES string of the molecule is CCOC(C(C)C)C(N)C1CCOC2(CCSCC2)C1. The largest absolute Gasteiger partial charge is 0.377 e. The molecule has 0 amide bonds. The number of hydrogen-bond donors (Lipinski definition) is 1. The Balaban J connectivity index is 1.99. The Morgan fingerprint density at radius 2 is 2.05 bits per heavy atom. The van der Waals surface area contributed by atoms with Crippen molar-refractivity contribution in [2.24, 2.45) is 17.6 Å². The average molecular weight is 301 g/mol. The fraction of sp³-hybridized carbons (Fsp3) is 1.00. The van der Waals surface area contributed by atoms with E-state index in [2.05, 4.69) is 32.5 Å². The van der Waals surface area contributed by atoms with Crippen molar-refractivity contribution >= 4 is 11.8 Å². The third-order valence-corrected chi connectivity index (χ3v) is 5.86. The van der Waals surface area contributed by atoms with Crippen LogP contribution in [-0.4, -0.2) is 42.5 Å². The summed E-state index contributed by atoms with van der Waals surface area (Å²) in [6.07, 6.45) is 4.79. The van der Waals surface area contributed by atoms with Crippen molar-refractivity contribution < 1.29 is 9.47 Å². The van der Waals surface area contributed by atoms with E-state index in [0.717, 1.165) is 26.1 Å². The second-order valence-electron chi connectivity index (χ2n) is 6.64. The molecular weight excluding hydrogens is 270 g/mol. The van der Waals surface area contributed by atoms with Gasteiger partial charge in [0, 0.05) is 19.3 Å². The molecule has 4 heteroatoms. The lowest BCUT2D eigenvalue weighted by Crippen LogP contribution is -2.52. The van der Waals surface area contributed by atoms with Gasteiger partial charge in [-0.1, -0.05) is 13.8 Å². The van der Waals surface area contributed by atoms with E-state index < -0.39 is 0 Å². The molecule has 20 heavy (non-hydrogen) atoms. The standard InChI is InChI=1S/C16H31NO2S/c1-4-18-15(12(2)3)14(17)13-5-8-19-16(11-13)6-9-20-10-7-16/h12-15H,4-11,17H2,1-3H3. The lowest BCUT2D eigenvalue weighted by molar-refractivity contribution is -0.116. The van der Waals surface area contributed by atoms with Crippen molar-refractivity contribution in [2.45, 2.75) is 64.2 Å². The lowest BCUT2D eigenvalue weighted by atomic mass is 9.76. The fourth-order valence-corrected chi connectivity index (χ4v) is 4.93. The molecule has 2 aliphatic rings. The van der Waals surface area contributed by atoms with Gasteiger partial charge >= 0.3 is 0 Å². The van der Waals surface area contributed by atoms with Crippen LogP contribution in [0.4, 0.5) is 0 Å². The Kier molecular flexibility index (Phi) is 6.21. The minimum atomic E-state index is 0.125. The summed E-state index contributed by atoms with van der Waals surface area (Å²) in [7, 11) is 0. The molecule has 118 valence electrons. The first-order valence-corrected chi connectivity index (χ1v) is 9.32. The topological polar surface area (TPSA) is 44.5 Å². The van der Waals surface area contributed by atoms with Crippen LogP contribution in [0.2, 0.25) is 0 Å². The third-order valence-electron chi connectivity index (χ3n) is 4.87. The maximum absolute atomic E-state index is 6.58. The van der Waals surface area contributed by atoms with E-state index in [1.54, 1.807) is 0 Å². The van der Waals surface area contributed by atoms with E-state index in [4.69, 9.17) is 15.2 Å². The lowest BCUT2D eigenvalue weighted by Gasteiger charge is -2.46. The van der Waals surface area contributed by atoms with Crippen LogP contribution in [-0.2, 0) is 9.47 Å². The quantitative estimate of drug-likeness (QED) is 0.847. The number of rotatable bonds is 5. The number of nitrogens with two attached hydrogens (primary N) is 1. The fourth-order valence-electron chi connectivity index (χ4n) is 3.69. The molecule has 3 nitrogen and oxygen atoms in total.